The molecule has 2 atom stereocenters. The van der Waals surface area contributed by atoms with E-state index >= 15 is 0 Å². The van der Waals surface area contributed by atoms with E-state index in [1.165, 1.54) is 0 Å². The summed E-state index contributed by atoms with van der Waals surface area (Å²) in [5.41, 5.74) is 2.18. The third kappa shape index (κ3) is 2.96. The average Bonchev–Trinajstić information content (AvgIpc) is 3.45. The normalized spacial score (nSPS) is 23.6. The van der Waals surface area contributed by atoms with Gasteiger partial charge in [-0.3, -0.25) is 0 Å². The first kappa shape index (κ1) is 21.7. The summed E-state index contributed by atoms with van der Waals surface area (Å²) in [7, 11) is 1.62. The molecule has 2 unspecified atom stereocenters. The molecule has 0 amide bonds. The van der Waals surface area contributed by atoms with Crippen molar-refractivity contribution in [3.63, 3.8) is 0 Å². The van der Waals surface area contributed by atoms with E-state index in [-0.39, 0.29) is 20.9 Å². The number of carbonyl (C=O) groups excluding carboxylic acids is 1. The van der Waals surface area contributed by atoms with Gasteiger partial charge in [0.15, 0.2) is 0 Å². The molecular formula is C28H21NO6Se. The number of fused-ring (bicyclic) bond motifs is 8. The van der Waals surface area contributed by atoms with E-state index in [0.717, 1.165) is 27.2 Å². The van der Waals surface area contributed by atoms with Crippen molar-refractivity contribution in [2.45, 2.75) is 15.7 Å². The van der Waals surface area contributed by atoms with Crippen molar-refractivity contribution < 1.29 is 28.8 Å². The Morgan fingerprint density at radius 2 is 1.86 bits per heavy atom. The molecule has 4 aromatic carbocycles. The number of carbonyl (C=O) groups is 1. The Bertz CT molecular complexity index is 1560. The van der Waals surface area contributed by atoms with Crippen LogP contribution in [0, 0.1) is 0 Å². The molecule has 1 fully saturated rings. The number of benzene rings is 4. The molecule has 36 heavy (non-hydrogen) atoms. The van der Waals surface area contributed by atoms with Crippen molar-refractivity contribution in [3.8, 4) is 17.2 Å². The first-order valence-corrected chi connectivity index (χ1v) is 13.6. The Morgan fingerprint density at radius 3 is 2.69 bits per heavy atom. The van der Waals surface area contributed by atoms with Gasteiger partial charge in [0.05, 0.1) is 0 Å². The fourth-order valence-corrected chi connectivity index (χ4v) is 7.05. The molecule has 7 rings (SSSR count). The second-order valence-electron chi connectivity index (χ2n) is 8.83. The van der Waals surface area contributed by atoms with Gasteiger partial charge < -0.3 is 0 Å². The maximum atomic E-state index is 13.1. The molecule has 3 aliphatic heterocycles. The molecule has 4 aromatic rings. The Hall–Kier alpha value is -3.55. The minimum atomic E-state index is -1.37. The van der Waals surface area contributed by atoms with Crippen LogP contribution in [0.15, 0.2) is 72.8 Å². The van der Waals surface area contributed by atoms with Crippen molar-refractivity contribution in [3.05, 3.63) is 95.1 Å². The number of ether oxygens (including phenoxy) is 4. The van der Waals surface area contributed by atoms with Gasteiger partial charge in [-0.25, -0.2) is 0 Å². The van der Waals surface area contributed by atoms with Crippen LogP contribution in [0.2, 0.25) is 5.32 Å². The van der Waals surface area contributed by atoms with Crippen LogP contribution in [0.25, 0.3) is 10.8 Å². The summed E-state index contributed by atoms with van der Waals surface area (Å²) in [5, 5.41) is 16.4. The molecule has 2 N–H and O–H groups in total. The molecule has 3 aliphatic rings. The molecule has 1 saturated heterocycles. The maximum absolute atomic E-state index is 13.1. The third-order valence-corrected chi connectivity index (χ3v) is 8.95. The van der Waals surface area contributed by atoms with Crippen molar-refractivity contribution >= 4 is 37.4 Å². The number of nitrogens with one attached hydrogen (secondary N) is 1. The van der Waals surface area contributed by atoms with Crippen LogP contribution in [-0.2, 0) is 15.1 Å². The molecule has 0 aromatic heterocycles. The molecule has 180 valence electrons. The van der Waals surface area contributed by atoms with Crippen molar-refractivity contribution in [1.29, 1.82) is 0 Å². The second kappa shape index (κ2) is 7.72. The van der Waals surface area contributed by atoms with E-state index in [2.05, 4.69) is 5.32 Å². The topological polar surface area (TPSA) is 86.2 Å². The number of hydrogen-bond acceptors (Lipinski definition) is 7. The van der Waals surface area contributed by atoms with Gasteiger partial charge in [-0.15, -0.1) is 0 Å². The van der Waals surface area contributed by atoms with Crippen molar-refractivity contribution in [2.75, 3.05) is 19.0 Å². The number of anilines is 1. The summed E-state index contributed by atoms with van der Waals surface area (Å²) in [6.45, 7) is 0.514. The van der Waals surface area contributed by atoms with E-state index in [9.17, 15) is 9.90 Å². The predicted molar refractivity (Wildman–Crippen MR) is 134 cm³/mol. The number of rotatable bonds is 3. The number of hydrogen-bond donors (Lipinski definition) is 2. The number of aliphatic hydroxyl groups is 1. The fraction of sp³-hybridized carbons (Fsp3) is 0.179. The summed E-state index contributed by atoms with van der Waals surface area (Å²) < 4.78 is 24.1. The molecule has 8 heteroatoms. The standard InChI is InChI=1S/C28H21NO6Se/c1-32-22-8-4-5-16-9-11-21-25(24(16)22)34-23-15-17(29-28(31)33-13-14-36-28)10-12-20(23)27(21)19-7-3-2-6-18(19)26(30)35-27/h2-12,15,29,31H,13-14H2,1H3. The van der Waals surface area contributed by atoms with E-state index < -0.39 is 10.4 Å². The van der Waals surface area contributed by atoms with Crippen LogP contribution in [0.5, 0.6) is 17.2 Å². The van der Waals surface area contributed by atoms with Gasteiger partial charge in [0, 0.05) is 0 Å². The van der Waals surface area contributed by atoms with Crippen LogP contribution in [-0.4, -0.2) is 44.6 Å². The van der Waals surface area contributed by atoms with Crippen molar-refractivity contribution in [2.24, 2.45) is 0 Å². The summed E-state index contributed by atoms with van der Waals surface area (Å²) in [5.74, 6) is 1.36. The van der Waals surface area contributed by atoms with Gasteiger partial charge in [0.2, 0.25) is 0 Å². The van der Waals surface area contributed by atoms with Gasteiger partial charge in [-0.05, 0) is 0 Å². The molecular weight excluding hydrogens is 525 g/mol. The second-order valence-corrected chi connectivity index (χ2v) is 11.5. The van der Waals surface area contributed by atoms with Gasteiger partial charge in [-0.2, -0.15) is 0 Å². The van der Waals surface area contributed by atoms with Crippen LogP contribution < -0.4 is 14.8 Å². The monoisotopic (exact) mass is 547 g/mol. The molecule has 0 aliphatic carbocycles. The summed E-state index contributed by atoms with van der Waals surface area (Å²) in [6.07, 6.45) is 0. The molecule has 1 spiro atoms. The Labute approximate surface area is 213 Å². The zero-order valence-corrected chi connectivity index (χ0v) is 21.0. The van der Waals surface area contributed by atoms with Crippen LogP contribution in [0.4, 0.5) is 5.69 Å². The molecule has 0 radical (unpaired) electrons. The van der Waals surface area contributed by atoms with E-state index in [0.29, 0.717) is 40.7 Å². The van der Waals surface area contributed by atoms with Gasteiger partial charge in [0.25, 0.3) is 0 Å². The predicted octanol–water partition coefficient (Wildman–Crippen LogP) is 4.58. The molecule has 7 nitrogen and oxygen atoms in total. The Morgan fingerprint density at radius 1 is 1.00 bits per heavy atom. The van der Waals surface area contributed by atoms with E-state index in [1.807, 2.05) is 66.7 Å². The van der Waals surface area contributed by atoms with Gasteiger partial charge in [-0.1, -0.05) is 0 Å². The van der Waals surface area contributed by atoms with E-state index in [1.54, 1.807) is 13.2 Å². The van der Waals surface area contributed by atoms with Gasteiger partial charge in [0.1, 0.15) is 0 Å². The first-order valence-electron chi connectivity index (χ1n) is 11.6. The fourth-order valence-electron chi connectivity index (χ4n) is 5.37. The minimum absolute atomic E-state index is 0.124. The first-order chi connectivity index (χ1) is 17.5. The van der Waals surface area contributed by atoms with Crippen LogP contribution in [0.1, 0.15) is 27.0 Å². The molecule has 3 heterocycles. The zero-order valence-electron chi connectivity index (χ0n) is 19.2. The summed E-state index contributed by atoms with van der Waals surface area (Å²) >= 11 is -0.124. The zero-order chi connectivity index (χ0) is 24.5. The number of esters is 1. The van der Waals surface area contributed by atoms with Crippen LogP contribution in [0.3, 0.4) is 0 Å². The Balaban J connectivity index is 1.50. The van der Waals surface area contributed by atoms with Crippen molar-refractivity contribution in [1.82, 2.24) is 0 Å². The quantitative estimate of drug-likeness (QED) is 0.221. The summed E-state index contributed by atoms with van der Waals surface area (Å²) in [4.78, 5) is 11.8. The van der Waals surface area contributed by atoms with E-state index in [4.69, 9.17) is 18.9 Å². The SMILES string of the molecule is COc1cccc2ccc3c(c12)Oc1cc(NC2(O)OCC[Se]2)ccc1C31OC(=O)c2ccccc21. The molecule has 0 bridgehead atoms. The summed E-state index contributed by atoms with van der Waals surface area (Å²) in [6, 6.07) is 22.8. The van der Waals surface area contributed by atoms with Gasteiger partial charge >= 0.3 is 213 Å². The molecule has 0 saturated carbocycles. The average molecular weight is 546 g/mol. The number of methoxy groups -OCH3 is 1. The van der Waals surface area contributed by atoms with Crippen LogP contribution >= 0.6 is 0 Å². The third-order valence-electron chi connectivity index (χ3n) is 6.88. The Kier molecular flexibility index (Phi) is 4.66.